The van der Waals surface area contributed by atoms with Crippen LogP contribution in [0.15, 0.2) is 0 Å². The van der Waals surface area contributed by atoms with Gasteiger partial charge in [0.2, 0.25) is 5.91 Å². The van der Waals surface area contributed by atoms with Crippen LogP contribution in [0.5, 0.6) is 0 Å². The quantitative estimate of drug-likeness (QED) is 0.685. The molecule has 0 radical (unpaired) electrons. The monoisotopic (exact) mass is 214 g/mol. The third kappa shape index (κ3) is 4.93. The van der Waals surface area contributed by atoms with Crippen molar-refractivity contribution in [2.45, 2.75) is 46.7 Å². The Morgan fingerprint density at radius 2 is 1.73 bits per heavy atom. The van der Waals surface area contributed by atoms with Crippen LogP contribution in [0, 0.1) is 5.92 Å². The number of Topliss-reactive ketones (excluding diaryl/α,β-unsaturated/α-hetero) is 1. The molecule has 0 aliphatic heterocycles. The van der Waals surface area contributed by atoms with Crippen LogP contribution in [0.2, 0.25) is 0 Å². The van der Waals surface area contributed by atoms with E-state index in [1.807, 2.05) is 20.8 Å². The largest absolute Gasteiger partial charge is 0.345 e. The molecule has 15 heavy (non-hydrogen) atoms. The molecular weight excluding hydrogens is 192 g/mol. The van der Waals surface area contributed by atoms with Gasteiger partial charge in [-0.05, 0) is 26.3 Å². The molecule has 2 unspecified atom stereocenters. The third-order valence-electron chi connectivity index (χ3n) is 2.34. The molecular formula is C11H22N2O2. The van der Waals surface area contributed by atoms with Crippen molar-refractivity contribution in [2.24, 2.45) is 5.92 Å². The van der Waals surface area contributed by atoms with Gasteiger partial charge in [-0.15, -0.1) is 0 Å². The zero-order valence-corrected chi connectivity index (χ0v) is 10.3. The van der Waals surface area contributed by atoms with Gasteiger partial charge in [-0.25, -0.2) is 0 Å². The van der Waals surface area contributed by atoms with Gasteiger partial charge >= 0.3 is 0 Å². The molecule has 0 spiro atoms. The van der Waals surface area contributed by atoms with Crippen LogP contribution in [0.4, 0.5) is 0 Å². The number of rotatable bonds is 6. The first-order valence-corrected chi connectivity index (χ1v) is 5.44. The Balaban J connectivity index is 4.32. The van der Waals surface area contributed by atoms with Crippen molar-refractivity contribution in [3.05, 3.63) is 0 Å². The predicted octanol–water partition coefficient (Wildman–Crippen LogP) is 0.714. The van der Waals surface area contributed by atoms with Gasteiger partial charge in [-0.2, -0.15) is 0 Å². The summed E-state index contributed by atoms with van der Waals surface area (Å²) in [4.78, 5) is 22.8. The molecule has 1 amide bonds. The zero-order chi connectivity index (χ0) is 12.0. The van der Waals surface area contributed by atoms with Crippen LogP contribution in [-0.4, -0.2) is 30.3 Å². The summed E-state index contributed by atoms with van der Waals surface area (Å²) < 4.78 is 0. The van der Waals surface area contributed by atoms with E-state index < -0.39 is 6.04 Å². The molecule has 2 N–H and O–H groups in total. The van der Waals surface area contributed by atoms with Gasteiger partial charge in [-0.1, -0.05) is 20.8 Å². The number of hydrogen-bond acceptors (Lipinski definition) is 3. The summed E-state index contributed by atoms with van der Waals surface area (Å²) in [6.07, 6.45) is 0. The molecule has 4 heteroatoms. The van der Waals surface area contributed by atoms with E-state index in [9.17, 15) is 9.59 Å². The van der Waals surface area contributed by atoms with E-state index in [2.05, 4.69) is 10.6 Å². The van der Waals surface area contributed by atoms with E-state index in [4.69, 9.17) is 0 Å². The topological polar surface area (TPSA) is 58.2 Å². The van der Waals surface area contributed by atoms with E-state index in [0.29, 0.717) is 0 Å². The molecule has 0 aliphatic carbocycles. The average Bonchev–Trinajstić information content (AvgIpc) is 2.12. The number of amides is 1. The minimum atomic E-state index is -0.405. The summed E-state index contributed by atoms with van der Waals surface area (Å²) in [7, 11) is 0. The maximum Gasteiger partial charge on any atom is 0.237 e. The summed E-state index contributed by atoms with van der Waals surface area (Å²) in [6.45, 7) is 9.82. The normalized spacial score (nSPS) is 14.8. The molecule has 0 saturated heterocycles. The summed E-state index contributed by atoms with van der Waals surface area (Å²) >= 11 is 0. The Morgan fingerprint density at radius 3 is 2.07 bits per heavy atom. The second kappa shape index (κ2) is 6.56. The lowest BCUT2D eigenvalue weighted by molar-refractivity contribution is -0.128. The molecule has 2 atom stereocenters. The maximum absolute atomic E-state index is 11.8. The standard InChI is InChI=1S/C11H22N2O2/c1-6-12-10(7(2)3)11(15)13-8(4)9(5)14/h7-8,10,12H,6H2,1-5H3,(H,13,15). The fourth-order valence-corrected chi connectivity index (χ4v) is 1.26. The predicted molar refractivity (Wildman–Crippen MR) is 60.6 cm³/mol. The fraction of sp³-hybridized carbons (Fsp3) is 0.818. The van der Waals surface area contributed by atoms with Crippen molar-refractivity contribution < 1.29 is 9.59 Å². The Kier molecular flexibility index (Phi) is 6.17. The molecule has 0 aromatic rings. The minimum Gasteiger partial charge on any atom is -0.345 e. The molecule has 0 heterocycles. The lowest BCUT2D eigenvalue weighted by atomic mass is 10.0. The van der Waals surface area contributed by atoms with Crippen molar-refractivity contribution in [1.82, 2.24) is 10.6 Å². The van der Waals surface area contributed by atoms with Gasteiger partial charge in [-0.3, -0.25) is 9.59 Å². The highest BCUT2D eigenvalue weighted by Gasteiger charge is 2.22. The Morgan fingerprint density at radius 1 is 1.20 bits per heavy atom. The first-order chi connectivity index (χ1) is 6.90. The van der Waals surface area contributed by atoms with Crippen LogP contribution in [-0.2, 0) is 9.59 Å². The number of carbonyl (C=O) groups excluding carboxylic acids is 2. The highest BCUT2D eigenvalue weighted by Crippen LogP contribution is 2.02. The fourth-order valence-electron chi connectivity index (χ4n) is 1.26. The first kappa shape index (κ1) is 14.1. The molecule has 0 aromatic carbocycles. The van der Waals surface area contributed by atoms with Gasteiger partial charge in [0.25, 0.3) is 0 Å². The lowest BCUT2D eigenvalue weighted by Crippen LogP contribution is -2.51. The maximum atomic E-state index is 11.8. The smallest absolute Gasteiger partial charge is 0.237 e. The molecule has 0 aromatic heterocycles. The van der Waals surface area contributed by atoms with Crippen LogP contribution in [0.1, 0.15) is 34.6 Å². The Hall–Kier alpha value is -0.900. The van der Waals surface area contributed by atoms with Gasteiger partial charge in [0.1, 0.15) is 0 Å². The van der Waals surface area contributed by atoms with Crippen LogP contribution >= 0.6 is 0 Å². The highest BCUT2D eigenvalue weighted by molar-refractivity contribution is 5.89. The summed E-state index contributed by atoms with van der Waals surface area (Å²) in [5.41, 5.74) is 0. The summed E-state index contributed by atoms with van der Waals surface area (Å²) in [6, 6.07) is -0.630. The van der Waals surface area contributed by atoms with Gasteiger partial charge < -0.3 is 10.6 Å². The zero-order valence-electron chi connectivity index (χ0n) is 10.3. The number of carbonyl (C=O) groups is 2. The van der Waals surface area contributed by atoms with E-state index in [1.165, 1.54) is 6.92 Å². The van der Waals surface area contributed by atoms with Gasteiger partial charge in [0, 0.05) is 0 Å². The SMILES string of the molecule is CCNC(C(=O)NC(C)C(C)=O)C(C)C. The Labute approximate surface area is 91.8 Å². The summed E-state index contributed by atoms with van der Waals surface area (Å²) in [5.74, 6) is 0.0843. The van der Waals surface area contributed by atoms with Crippen LogP contribution in [0.25, 0.3) is 0 Å². The van der Waals surface area contributed by atoms with E-state index >= 15 is 0 Å². The van der Waals surface area contributed by atoms with Crippen molar-refractivity contribution in [3.8, 4) is 0 Å². The number of ketones is 1. The average molecular weight is 214 g/mol. The second-order valence-corrected chi connectivity index (χ2v) is 4.12. The first-order valence-electron chi connectivity index (χ1n) is 5.44. The van der Waals surface area contributed by atoms with Crippen molar-refractivity contribution in [1.29, 1.82) is 0 Å². The van der Waals surface area contributed by atoms with E-state index in [0.717, 1.165) is 6.54 Å². The number of nitrogens with one attached hydrogen (secondary N) is 2. The Bertz CT molecular complexity index is 227. The second-order valence-electron chi connectivity index (χ2n) is 4.12. The minimum absolute atomic E-state index is 0.0256. The van der Waals surface area contributed by atoms with E-state index in [-0.39, 0.29) is 23.7 Å². The molecule has 0 bridgehead atoms. The number of hydrogen-bond donors (Lipinski definition) is 2. The van der Waals surface area contributed by atoms with E-state index in [1.54, 1.807) is 6.92 Å². The van der Waals surface area contributed by atoms with Crippen LogP contribution < -0.4 is 10.6 Å². The molecule has 0 aliphatic rings. The number of likely N-dealkylation sites (N-methyl/N-ethyl adjacent to an activating group) is 1. The summed E-state index contributed by atoms with van der Waals surface area (Å²) in [5, 5.41) is 5.80. The molecule has 88 valence electrons. The van der Waals surface area contributed by atoms with Crippen molar-refractivity contribution in [3.63, 3.8) is 0 Å². The van der Waals surface area contributed by atoms with Crippen LogP contribution in [0.3, 0.4) is 0 Å². The van der Waals surface area contributed by atoms with Gasteiger partial charge in [0.05, 0.1) is 12.1 Å². The van der Waals surface area contributed by atoms with Crippen molar-refractivity contribution >= 4 is 11.7 Å². The molecule has 0 rings (SSSR count). The lowest BCUT2D eigenvalue weighted by Gasteiger charge is -2.22. The molecule has 4 nitrogen and oxygen atoms in total. The highest BCUT2D eigenvalue weighted by atomic mass is 16.2. The van der Waals surface area contributed by atoms with Gasteiger partial charge in [0.15, 0.2) is 5.78 Å². The molecule has 0 fully saturated rings. The molecule has 0 saturated carbocycles. The van der Waals surface area contributed by atoms with Crippen molar-refractivity contribution in [2.75, 3.05) is 6.54 Å². The third-order valence-corrected chi connectivity index (χ3v) is 2.34.